The third-order valence-electron chi connectivity index (χ3n) is 2.31. The minimum absolute atomic E-state index is 0.0899. The van der Waals surface area contributed by atoms with Crippen molar-refractivity contribution in [2.45, 2.75) is 19.3 Å². The lowest BCUT2D eigenvalue weighted by atomic mass is 10.1. The molecule has 4 nitrogen and oxygen atoms in total. The zero-order valence-electron chi connectivity index (χ0n) is 9.81. The van der Waals surface area contributed by atoms with Gasteiger partial charge in [-0.05, 0) is 24.6 Å². The van der Waals surface area contributed by atoms with Gasteiger partial charge in [0.2, 0.25) is 5.13 Å². The molecule has 0 aliphatic heterocycles. The van der Waals surface area contributed by atoms with E-state index in [0.717, 1.165) is 5.56 Å². The van der Waals surface area contributed by atoms with Crippen molar-refractivity contribution in [3.05, 3.63) is 35.3 Å². The van der Waals surface area contributed by atoms with Crippen LogP contribution >= 0.6 is 11.3 Å². The number of hydrogen-bond donors (Lipinski definition) is 1. The van der Waals surface area contributed by atoms with Crippen molar-refractivity contribution in [1.82, 2.24) is 10.2 Å². The minimum atomic E-state index is -4.67. The Labute approximate surface area is 111 Å². The molecule has 0 saturated carbocycles. The second kappa shape index (κ2) is 5.43. The minimum Gasteiger partial charge on any atom is -0.406 e. The summed E-state index contributed by atoms with van der Waals surface area (Å²) < 4.78 is 39.8. The molecule has 1 aromatic heterocycles. The van der Waals surface area contributed by atoms with Gasteiger partial charge in [0.25, 0.3) is 0 Å². The zero-order valence-corrected chi connectivity index (χ0v) is 10.6. The summed E-state index contributed by atoms with van der Waals surface area (Å²) in [5.74, 6) is -0.237. The molecule has 0 aliphatic carbocycles. The van der Waals surface area contributed by atoms with Crippen LogP contribution in [0.2, 0.25) is 0 Å². The number of hydrogen-bond acceptors (Lipinski definition) is 5. The summed E-state index contributed by atoms with van der Waals surface area (Å²) in [6.07, 6.45) is -4.67. The van der Waals surface area contributed by atoms with Crippen LogP contribution in [0.25, 0.3) is 0 Å². The highest BCUT2D eigenvalue weighted by atomic mass is 32.1. The van der Waals surface area contributed by atoms with Gasteiger partial charge in [-0.2, -0.15) is 0 Å². The highest BCUT2D eigenvalue weighted by Gasteiger charge is 2.30. The Morgan fingerprint density at radius 2 is 1.95 bits per heavy atom. The molecule has 102 valence electrons. The van der Waals surface area contributed by atoms with E-state index >= 15 is 0 Å². The molecule has 1 N–H and O–H groups in total. The van der Waals surface area contributed by atoms with Crippen molar-refractivity contribution in [1.29, 1.82) is 0 Å². The first-order valence-corrected chi connectivity index (χ1v) is 6.20. The Morgan fingerprint density at radius 3 is 2.47 bits per heavy atom. The molecule has 2 rings (SSSR count). The fourth-order valence-electron chi connectivity index (χ4n) is 1.46. The van der Waals surface area contributed by atoms with Gasteiger partial charge in [0.05, 0.1) is 6.04 Å². The summed E-state index contributed by atoms with van der Waals surface area (Å²) in [5.41, 5.74) is 2.42. The summed E-state index contributed by atoms with van der Waals surface area (Å²) in [5, 5.41) is 11.3. The molecule has 0 bridgehead atoms. The molecule has 19 heavy (non-hydrogen) atoms. The fraction of sp³-hybridized carbons (Fsp3) is 0.273. The SMILES string of the molecule is CC(Nc1nncs1)c1ccc(OC(F)(F)F)cc1. The first-order chi connectivity index (χ1) is 8.94. The Bertz CT molecular complexity index is 513. The average molecular weight is 289 g/mol. The smallest absolute Gasteiger partial charge is 0.406 e. The Hall–Kier alpha value is -1.83. The Kier molecular flexibility index (Phi) is 3.89. The van der Waals surface area contributed by atoms with Gasteiger partial charge in [-0.25, -0.2) is 0 Å². The van der Waals surface area contributed by atoms with Gasteiger partial charge in [-0.15, -0.1) is 23.4 Å². The molecule has 1 heterocycles. The number of halogens is 3. The van der Waals surface area contributed by atoms with Crippen molar-refractivity contribution < 1.29 is 17.9 Å². The molecule has 0 fully saturated rings. The van der Waals surface area contributed by atoms with Crippen molar-refractivity contribution in [3.8, 4) is 5.75 Å². The quantitative estimate of drug-likeness (QED) is 0.934. The van der Waals surface area contributed by atoms with Crippen LogP contribution < -0.4 is 10.1 Å². The van der Waals surface area contributed by atoms with Gasteiger partial charge in [-0.3, -0.25) is 0 Å². The summed E-state index contributed by atoms with van der Waals surface area (Å²) in [4.78, 5) is 0. The highest BCUT2D eigenvalue weighted by Crippen LogP contribution is 2.25. The Morgan fingerprint density at radius 1 is 1.26 bits per heavy atom. The van der Waals surface area contributed by atoms with E-state index in [2.05, 4.69) is 20.3 Å². The molecule has 8 heteroatoms. The number of alkyl halides is 3. The van der Waals surface area contributed by atoms with Crippen molar-refractivity contribution >= 4 is 16.5 Å². The number of nitrogens with zero attached hydrogens (tertiary/aromatic N) is 2. The van der Waals surface area contributed by atoms with E-state index in [-0.39, 0.29) is 11.8 Å². The molecule has 0 saturated heterocycles. The van der Waals surface area contributed by atoms with Crippen LogP contribution in [0.1, 0.15) is 18.5 Å². The van der Waals surface area contributed by atoms with Crippen LogP contribution in [0.5, 0.6) is 5.75 Å². The number of aromatic nitrogens is 2. The molecular weight excluding hydrogens is 279 g/mol. The summed E-state index contributed by atoms with van der Waals surface area (Å²) >= 11 is 1.35. The van der Waals surface area contributed by atoms with E-state index in [9.17, 15) is 13.2 Å². The first-order valence-electron chi connectivity index (χ1n) is 5.32. The third-order valence-corrected chi connectivity index (χ3v) is 2.94. The van der Waals surface area contributed by atoms with Gasteiger partial charge in [0.15, 0.2) is 0 Å². The topological polar surface area (TPSA) is 47.0 Å². The first kappa shape index (κ1) is 13.6. The van der Waals surface area contributed by atoms with Crippen LogP contribution in [0.3, 0.4) is 0 Å². The molecule has 0 amide bonds. The summed E-state index contributed by atoms with van der Waals surface area (Å²) in [7, 11) is 0. The molecule has 1 unspecified atom stereocenters. The maximum atomic E-state index is 12.0. The number of rotatable bonds is 4. The van der Waals surface area contributed by atoms with Crippen molar-refractivity contribution in [2.75, 3.05) is 5.32 Å². The normalized spacial score (nSPS) is 13.1. The number of benzene rings is 1. The summed E-state index contributed by atoms with van der Waals surface area (Å²) in [6, 6.07) is 5.61. The second-order valence-electron chi connectivity index (χ2n) is 3.73. The zero-order chi connectivity index (χ0) is 13.9. The fourth-order valence-corrected chi connectivity index (χ4v) is 2.00. The van der Waals surface area contributed by atoms with Crippen LogP contribution in [-0.2, 0) is 0 Å². The van der Waals surface area contributed by atoms with Gasteiger partial charge in [0.1, 0.15) is 11.3 Å². The number of ether oxygens (including phenoxy) is 1. The molecule has 1 aromatic carbocycles. The van der Waals surface area contributed by atoms with Crippen molar-refractivity contribution in [2.24, 2.45) is 0 Å². The van der Waals surface area contributed by atoms with E-state index in [4.69, 9.17) is 0 Å². The molecule has 1 atom stereocenters. The highest BCUT2D eigenvalue weighted by molar-refractivity contribution is 7.13. The molecule has 0 radical (unpaired) electrons. The predicted molar refractivity (Wildman–Crippen MR) is 65.1 cm³/mol. The van der Waals surface area contributed by atoms with Gasteiger partial charge in [-0.1, -0.05) is 23.5 Å². The average Bonchev–Trinajstić information content (AvgIpc) is 2.80. The molecule has 0 spiro atoms. The standard InChI is InChI=1S/C11H10F3N3OS/c1-7(16-10-17-15-6-19-10)8-2-4-9(5-3-8)18-11(12,13)14/h2-7H,1H3,(H,16,17). The van der Waals surface area contributed by atoms with Gasteiger partial charge >= 0.3 is 6.36 Å². The predicted octanol–water partition coefficient (Wildman–Crippen LogP) is 3.61. The van der Waals surface area contributed by atoms with E-state index in [1.165, 1.54) is 23.5 Å². The Balaban J connectivity index is 2.01. The van der Waals surface area contributed by atoms with E-state index in [1.54, 1.807) is 17.6 Å². The third kappa shape index (κ3) is 4.09. The second-order valence-corrected chi connectivity index (χ2v) is 4.56. The van der Waals surface area contributed by atoms with E-state index in [1.807, 2.05) is 6.92 Å². The molecule has 0 aliphatic rings. The lowest BCUT2D eigenvalue weighted by Gasteiger charge is -2.14. The van der Waals surface area contributed by atoms with Crippen LogP contribution in [0.4, 0.5) is 18.3 Å². The van der Waals surface area contributed by atoms with Gasteiger partial charge in [0, 0.05) is 0 Å². The maximum Gasteiger partial charge on any atom is 0.573 e. The van der Waals surface area contributed by atoms with Crippen LogP contribution in [0.15, 0.2) is 29.8 Å². The van der Waals surface area contributed by atoms with Crippen molar-refractivity contribution in [3.63, 3.8) is 0 Å². The van der Waals surface area contributed by atoms with Crippen LogP contribution in [0, 0.1) is 0 Å². The molecular formula is C11H10F3N3OS. The largest absolute Gasteiger partial charge is 0.573 e. The van der Waals surface area contributed by atoms with E-state index < -0.39 is 6.36 Å². The van der Waals surface area contributed by atoms with Gasteiger partial charge < -0.3 is 10.1 Å². The number of nitrogens with one attached hydrogen (secondary N) is 1. The lowest BCUT2D eigenvalue weighted by Crippen LogP contribution is -2.17. The van der Waals surface area contributed by atoms with Crippen LogP contribution in [-0.4, -0.2) is 16.6 Å². The number of anilines is 1. The maximum absolute atomic E-state index is 12.0. The van der Waals surface area contributed by atoms with E-state index in [0.29, 0.717) is 5.13 Å². The lowest BCUT2D eigenvalue weighted by molar-refractivity contribution is -0.274. The monoisotopic (exact) mass is 289 g/mol. The molecule has 2 aromatic rings. The summed E-state index contributed by atoms with van der Waals surface area (Å²) in [6.45, 7) is 1.88.